The van der Waals surface area contributed by atoms with Crippen LogP contribution in [0.5, 0.6) is 0 Å². The molecule has 0 aliphatic rings. The number of halogens is 1. The molecule has 56 valence electrons. The highest BCUT2D eigenvalue weighted by Crippen LogP contribution is 2.05. The maximum Gasteiger partial charge on any atom is 0.237 e. The predicted octanol–water partition coefficient (Wildman–Crippen LogP) is 0.590. The Balaban J connectivity index is 3.90. The van der Waals surface area contributed by atoms with Crippen molar-refractivity contribution in [1.82, 2.24) is 0 Å². The van der Waals surface area contributed by atoms with Gasteiger partial charge in [-0.05, 0) is 6.92 Å². The lowest BCUT2D eigenvalue weighted by Gasteiger charge is -2.03. The largest absolute Gasteiger partial charge is 0.383 e. The molecule has 0 fully saturated rings. The maximum atomic E-state index is 10.4. The van der Waals surface area contributed by atoms with Gasteiger partial charge in [0.05, 0.1) is 11.9 Å². The van der Waals surface area contributed by atoms with Crippen LogP contribution >= 0.6 is 10.7 Å². The van der Waals surface area contributed by atoms with E-state index < -0.39 is 14.3 Å². The molecule has 5 heteroatoms. The van der Waals surface area contributed by atoms with E-state index in [1.807, 2.05) is 0 Å². The molecule has 0 amide bonds. The van der Waals surface area contributed by atoms with E-state index in [2.05, 4.69) is 4.74 Å². The van der Waals surface area contributed by atoms with Crippen LogP contribution in [0.4, 0.5) is 0 Å². The minimum absolute atomic E-state index is 0.145. The van der Waals surface area contributed by atoms with Gasteiger partial charge < -0.3 is 4.74 Å². The summed E-state index contributed by atoms with van der Waals surface area (Å²) < 4.78 is 25.4. The Morgan fingerprint density at radius 2 is 2.11 bits per heavy atom. The Bertz CT molecular complexity index is 163. The third kappa shape index (κ3) is 3.72. The molecule has 1 atom stereocenters. The van der Waals surface area contributed by atoms with Crippen LogP contribution in [0.3, 0.4) is 0 Å². The summed E-state index contributed by atoms with van der Waals surface area (Å²) in [7, 11) is 2.97. The molecule has 0 rings (SSSR count). The molecule has 0 aromatic rings. The lowest BCUT2D eigenvalue weighted by molar-refractivity contribution is 0.201. The van der Waals surface area contributed by atoms with Gasteiger partial charge in [0.2, 0.25) is 9.05 Å². The molecule has 3 nitrogen and oxygen atoms in total. The van der Waals surface area contributed by atoms with Gasteiger partial charge in [0.15, 0.2) is 0 Å². The summed E-state index contributed by atoms with van der Waals surface area (Å²) in [5, 5.41) is -0.621. The molecule has 0 aliphatic heterocycles. The highest BCUT2D eigenvalue weighted by Gasteiger charge is 2.16. The van der Waals surface area contributed by atoms with E-state index in [4.69, 9.17) is 10.7 Å². The molecule has 0 bridgehead atoms. The van der Waals surface area contributed by atoms with Gasteiger partial charge in [-0.1, -0.05) is 0 Å². The second-order valence-corrected chi connectivity index (χ2v) is 4.79. The van der Waals surface area contributed by atoms with E-state index in [0.29, 0.717) is 0 Å². The molecule has 0 radical (unpaired) electrons. The van der Waals surface area contributed by atoms with Gasteiger partial charge in [-0.25, -0.2) is 8.42 Å². The molecule has 0 saturated carbocycles. The number of hydrogen-bond donors (Lipinski definition) is 0. The first-order valence-electron chi connectivity index (χ1n) is 2.41. The van der Waals surface area contributed by atoms with E-state index >= 15 is 0 Å². The quantitative estimate of drug-likeness (QED) is 0.586. The molecule has 0 aliphatic carbocycles. The Morgan fingerprint density at radius 1 is 1.67 bits per heavy atom. The summed E-state index contributed by atoms with van der Waals surface area (Å²) in [6.45, 7) is 1.64. The minimum Gasteiger partial charge on any atom is -0.383 e. The lowest BCUT2D eigenvalue weighted by Crippen LogP contribution is -2.17. The summed E-state index contributed by atoms with van der Waals surface area (Å²) in [5.74, 6) is 0. The van der Waals surface area contributed by atoms with Gasteiger partial charge in [0.1, 0.15) is 0 Å². The summed E-state index contributed by atoms with van der Waals surface area (Å²) in [4.78, 5) is 0. The highest BCUT2D eigenvalue weighted by atomic mass is 35.7. The van der Waals surface area contributed by atoms with Gasteiger partial charge in [-0.2, -0.15) is 0 Å². The number of rotatable bonds is 3. The average molecular weight is 173 g/mol. The lowest BCUT2D eigenvalue weighted by atomic mass is 10.5. The fourth-order valence-corrected chi connectivity index (χ4v) is 0.769. The Kier molecular flexibility index (Phi) is 3.46. The van der Waals surface area contributed by atoms with Crippen LogP contribution in [0.1, 0.15) is 6.92 Å². The number of ether oxygens (including phenoxy) is 1. The smallest absolute Gasteiger partial charge is 0.237 e. The van der Waals surface area contributed by atoms with Crippen molar-refractivity contribution in [2.75, 3.05) is 13.7 Å². The van der Waals surface area contributed by atoms with Crippen LogP contribution in [0.15, 0.2) is 0 Å². The summed E-state index contributed by atoms with van der Waals surface area (Å²) in [6.07, 6.45) is 0. The molecule has 0 N–H and O–H groups in total. The zero-order valence-electron chi connectivity index (χ0n) is 5.30. The van der Waals surface area contributed by atoms with Crippen molar-refractivity contribution in [1.29, 1.82) is 0 Å². The van der Waals surface area contributed by atoms with Crippen LogP contribution in [-0.4, -0.2) is 27.4 Å². The van der Waals surface area contributed by atoms with E-state index in [-0.39, 0.29) is 6.61 Å². The van der Waals surface area contributed by atoms with Crippen molar-refractivity contribution in [3.05, 3.63) is 0 Å². The summed E-state index contributed by atoms with van der Waals surface area (Å²) in [6, 6.07) is 0. The van der Waals surface area contributed by atoms with Crippen molar-refractivity contribution in [3.8, 4) is 0 Å². The fraction of sp³-hybridized carbons (Fsp3) is 1.00. The molecular formula is C4H9ClO3S. The van der Waals surface area contributed by atoms with Gasteiger partial charge >= 0.3 is 0 Å². The van der Waals surface area contributed by atoms with Gasteiger partial charge in [0, 0.05) is 17.8 Å². The Hall–Kier alpha value is 0.200. The van der Waals surface area contributed by atoms with Crippen molar-refractivity contribution in [2.24, 2.45) is 0 Å². The topological polar surface area (TPSA) is 43.4 Å². The first-order chi connectivity index (χ1) is 3.98. The van der Waals surface area contributed by atoms with Crippen molar-refractivity contribution in [3.63, 3.8) is 0 Å². The number of hydrogen-bond acceptors (Lipinski definition) is 3. The minimum atomic E-state index is -3.42. The van der Waals surface area contributed by atoms with Crippen LogP contribution < -0.4 is 0 Å². The monoisotopic (exact) mass is 172 g/mol. The zero-order valence-corrected chi connectivity index (χ0v) is 6.87. The molecule has 0 aromatic carbocycles. The summed E-state index contributed by atoms with van der Waals surface area (Å²) in [5.41, 5.74) is 0. The maximum absolute atomic E-state index is 10.4. The molecule has 0 spiro atoms. The van der Waals surface area contributed by atoms with Gasteiger partial charge in [0.25, 0.3) is 0 Å². The van der Waals surface area contributed by atoms with Crippen LogP contribution in [0.25, 0.3) is 0 Å². The van der Waals surface area contributed by atoms with E-state index in [0.717, 1.165) is 0 Å². The van der Waals surface area contributed by atoms with Gasteiger partial charge in [-0.15, -0.1) is 0 Å². The van der Waals surface area contributed by atoms with Crippen molar-refractivity contribution in [2.45, 2.75) is 12.2 Å². The molecule has 0 saturated heterocycles. The highest BCUT2D eigenvalue weighted by molar-refractivity contribution is 8.14. The zero-order chi connectivity index (χ0) is 7.49. The second-order valence-electron chi connectivity index (χ2n) is 1.74. The van der Waals surface area contributed by atoms with Crippen molar-refractivity contribution < 1.29 is 13.2 Å². The first-order valence-corrected chi connectivity index (χ1v) is 4.78. The molecular weight excluding hydrogens is 164 g/mol. The second kappa shape index (κ2) is 3.39. The predicted molar refractivity (Wildman–Crippen MR) is 36.1 cm³/mol. The van der Waals surface area contributed by atoms with Gasteiger partial charge in [-0.3, -0.25) is 0 Å². The van der Waals surface area contributed by atoms with E-state index in [1.54, 1.807) is 0 Å². The van der Waals surface area contributed by atoms with Crippen LogP contribution in [0.2, 0.25) is 0 Å². The fourth-order valence-electron chi connectivity index (χ4n) is 0.316. The first kappa shape index (κ1) is 9.20. The Labute approximate surface area is 59.4 Å². The molecule has 0 aromatic heterocycles. The van der Waals surface area contributed by atoms with E-state index in [1.165, 1.54) is 14.0 Å². The van der Waals surface area contributed by atoms with Crippen LogP contribution in [0, 0.1) is 0 Å². The molecule has 9 heavy (non-hydrogen) atoms. The molecule has 0 heterocycles. The third-order valence-electron chi connectivity index (χ3n) is 0.882. The summed E-state index contributed by atoms with van der Waals surface area (Å²) >= 11 is 0. The Morgan fingerprint density at radius 3 is 2.22 bits per heavy atom. The molecule has 0 unspecified atom stereocenters. The third-order valence-corrected chi connectivity index (χ3v) is 2.89. The van der Waals surface area contributed by atoms with Crippen molar-refractivity contribution >= 4 is 19.7 Å². The standard InChI is InChI=1S/C4H9ClO3S/c1-4(3-8-2)9(5,6)7/h4H,3H2,1-2H3/t4-/m0/s1. The number of methoxy groups -OCH3 is 1. The van der Waals surface area contributed by atoms with Crippen LogP contribution in [-0.2, 0) is 13.8 Å². The average Bonchev–Trinajstić information content (AvgIpc) is 1.64. The normalized spacial score (nSPS) is 15.4. The SMILES string of the molecule is COC[C@H](C)S(=O)(=O)Cl. The van der Waals surface area contributed by atoms with E-state index in [9.17, 15) is 8.42 Å².